The molecule has 1 aliphatic rings. The molecule has 0 amide bonds. The van der Waals surface area contributed by atoms with Gasteiger partial charge in [-0.3, -0.25) is 0 Å². The van der Waals surface area contributed by atoms with Gasteiger partial charge in [0.05, 0.1) is 24.4 Å². The van der Waals surface area contributed by atoms with Crippen LogP contribution in [0.4, 0.5) is 4.39 Å². The van der Waals surface area contributed by atoms with E-state index >= 15 is 0 Å². The molecule has 8 heteroatoms. The highest BCUT2D eigenvalue weighted by Crippen LogP contribution is 2.20. The standard InChI is InChI=1S/C14H13ClFN3O3/c15-10-2-1-3-12(13(10)16)19-6-11(17-18-19)14(20)22-8-9-4-5-21-7-9/h1-3,6,9H,4-5,7-8H2/t9-/m1/s1. The average molecular weight is 326 g/mol. The number of ether oxygens (including phenoxy) is 2. The molecule has 0 bridgehead atoms. The van der Waals surface area contributed by atoms with Gasteiger partial charge in [-0.05, 0) is 18.6 Å². The van der Waals surface area contributed by atoms with Gasteiger partial charge < -0.3 is 9.47 Å². The predicted octanol–water partition coefficient (Wildman–Crippen LogP) is 2.25. The van der Waals surface area contributed by atoms with Crippen molar-refractivity contribution in [2.75, 3.05) is 19.8 Å². The molecule has 22 heavy (non-hydrogen) atoms. The molecule has 1 aromatic carbocycles. The summed E-state index contributed by atoms with van der Waals surface area (Å²) in [5.74, 6) is -1.01. The highest BCUT2D eigenvalue weighted by Gasteiger charge is 2.20. The fourth-order valence-corrected chi connectivity index (χ4v) is 2.30. The molecule has 1 aromatic heterocycles. The van der Waals surface area contributed by atoms with Crippen LogP contribution in [-0.2, 0) is 9.47 Å². The molecule has 3 rings (SSSR count). The van der Waals surface area contributed by atoms with E-state index in [1.807, 2.05) is 0 Å². The van der Waals surface area contributed by atoms with Crippen molar-refractivity contribution >= 4 is 17.6 Å². The molecular formula is C14H13ClFN3O3. The third-order valence-corrected chi connectivity index (χ3v) is 3.65. The Kier molecular flexibility index (Phi) is 4.35. The highest BCUT2D eigenvalue weighted by atomic mass is 35.5. The first kappa shape index (κ1) is 14.9. The molecule has 2 aromatic rings. The van der Waals surface area contributed by atoms with E-state index in [1.54, 1.807) is 6.07 Å². The van der Waals surface area contributed by atoms with Crippen LogP contribution in [0.1, 0.15) is 16.9 Å². The minimum Gasteiger partial charge on any atom is -0.460 e. The molecular weight excluding hydrogens is 313 g/mol. The van der Waals surface area contributed by atoms with Crippen molar-refractivity contribution in [2.45, 2.75) is 6.42 Å². The third kappa shape index (κ3) is 3.10. The Morgan fingerprint density at radius 1 is 1.55 bits per heavy atom. The Bertz CT molecular complexity index is 686. The van der Waals surface area contributed by atoms with Crippen LogP contribution in [0.15, 0.2) is 24.4 Å². The van der Waals surface area contributed by atoms with Crippen molar-refractivity contribution in [1.29, 1.82) is 0 Å². The van der Waals surface area contributed by atoms with Gasteiger partial charge in [-0.2, -0.15) is 0 Å². The van der Waals surface area contributed by atoms with Gasteiger partial charge in [-0.1, -0.05) is 22.9 Å². The van der Waals surface area contributed by atoms with Crippen molar-refractivity contribution < 1.29 is 18.7 Å². The quantitative estimate of drug-likeness (QED) is 0.807. The summed E-state index contributed by atoms with van der Waals surface area (Å²) in [4.78, 5) is 11.9. The van der Waals surface area contributed by atoms with Gasteiger partial charge in [0.1, 0.15) is 5.69 Å². The second-order valence-corrected chi connectivity index (χ2v) is 5.36. The van der Waals surface area contributed by atoms with Gasteiger partial charge in [0.2, 0.25) is 0 Å². The lowest BCUT2D eigenvalue weighted by Crippen LogP contribution is -2.14. The monoisotopic (exact) mass is 325 g/mol. The van der Waals surface area contributed by atoms with Crippen molar-refractivity contribution in [3.63, 3.8) is 0 Å². The predicted molar refractivity (Wildman–Crippen MR) is 75.5 cm³/mol. The molecule has 0 N–H and O–H groups in total. The summed E-state index contributed by atoms with van der Waals surface area (Å²) in [6, 6.07) is 4.50. The molecule has 0 aliphatic carbocycles. The van der Waals surface area contributed by atoms with E-state index < -0.39 is 11.8 Å². The first-order chi connectivity index (χ1) is 10.6. The van der Waals surface area contributed by atoms with E-state index in [1.165, 1.54) is 18.3 Å². The fourth-order valence-electron chi connectivity index (χ4n) is 2.13. The van der Waals surface area contributed by atoms with E-state index in [0.29, 0.717) is 13.2 Å². The summed E-state index contributed by atoms with van der Waals surface area (Å²) in [6.45, 7) is 1.55. The van der Waals surface area contributed by atoms with E-state index in [0.717, 1.165) is 11.1 Å². The second-order valence-electron chi connectivity index (χ2n) is 4.95. The summed E-state index contributed by atoms with van der Waals surface area (Å²) < 4.78 is 25.4. The Morgan fingerprint density at radius 3 is 3.18 bits per heavy atom. The lowest BCUT2D eigenvalue weighted by molar-refractivity contribution is 0.0421. The largest absolute Gasteiger partial charge is 0.460 e. The minimum absolute atomic E-state index is 0.0123. The zero-order chi connectivity index (χ0) is 15.5. The molecule has 1 saturated heterocycles. The average Bonchev–Trinajstić information content (AvgIpc) is 3.18. The van der Waals surface area contributed by atoms with Gasteiger partial charge in [-0.25, -0.2) is 13.9 Å². The van der Waals surface area contributed by atoms with Crippen LogP contribution < -0.4 is 0 Å². The number of nitrogens with zero attached hydrogens (tertiary/aromatic N) is 3. The number of rotatable bonds is 4. The van der Waals surface area contributed by atoms with E-state index in [9.17, 15) is 9.18 Å². The van der Waals surface area contributed by atoms with Gasteiger partial charge in [-0.15, -0.1) is 5.10 Å². The second kappa shape index (κ2) is 6.41. The van der Waals surface area contributed by atoms with Crippen LogP contribution in [-0.4, -0.2) is 40.8 Å². The van der Waals surface area contributed by atoms with E-state index in [2.05, 4.69) is 10.3 Å². The maximum Gasteiger partial charge on any atom is 0.360 e. The van der Waals surface area contributed by atoms with E-state index in [-0.39, 0.29) is 28.9 Å². The van der Waals surface area contributed by atoms with E-state index in [4.69, 9.17) is 21.1 Å². The molecule has 2 heterocycles. The minimum atomic E-state index is -0.628. The molecule has 0 spiro atoms. The summed E-state index contributed by atoms with van der Waals surface area (Å²) in [5, 5.41) is 7.41. The zero-order valence-corrected chi connectivity index (χ0v) is 12.3. The number of hydrogen-bond acceptors (Lipinski definition) is 5. The Labute approximate surface area is 130 Å². The molecule has 0 unspecified atom stereocenters. The maximum atomic E-state index is 13.9. The third-order valence-electron chi connectivity index (χ3n) is 3.35. The van der Waals surface area contributed by atoms with Crippen molar-refractivity contribution in [3.8, 4) is 5.69 Å². The Morgan fingerprint density at radius 2 is 2.41 bits per heavy atom. The van der Waals surface area contributed by atoms with Crippen LogP contribution >= 0.6 is 11.6 Å². The van der Waals surface area contributed by atoms with Crippen LogP contribution in [0, 0.1) is 11.7 Å². The first-order valence-corrected chi connectivity index (χ1v) is 7.14. The topological polar surface area (TPSA) is 66.2 Å². The Balaban J connectivity index is 1.70. The smallest absolute Gasteiger partial charge is 0.360 e. The molecule has 0 saturated carbocycles. The molecule has 6 nitrogen and oxygen atoms in total. The number of carbonyl (C=O) groups is 1. The van der Waals surface area contributed by atoms with Crippen molar-refractivity contribution in [1.82, 2.24) is 15.0 Å². The number of hydrogen-bond donors (Lipinski definition) is 0. The van der Waals surface area contributed by atoms with Crippen LogP contribution in [0.3, 0.4) is 0 Å². The Hall–Kier alpha value is -1.99. The van der Waals surface area contributed by atoms with Gasteiger partial charge in [0.15, 0.2) is 11.5 Å². The van der Waals surface area contributed by atoms with Gasteiger partial charge in [0, 0.05) is 12.5 Å². The van der Waals surface area contributed by atoms with Crippen LogP contribution in [0.25, 0.3) is 5.69 Å². The summed E-state index contributed by atoms with van der Waals surface area (Å²) in [6.07, 6.45) is 2.18. The lowest BCUT2D eigenvalue weighted by atomic mass is 10.1. The molecule has 1 fully saturated rings. The molecule has 1 aliphatic heterocycles. The number of carbonyl (C=O) groups excluding carboxylic acids is 1. The summed E-state index contributed by atoms with van der Waals surface area (Å²) in [5.41, 5.74) is 0.126. The summed E-state index contributed by atoms with van der Waals surface area (Å²) >= 11 is 5.72. The molecule has 116 valence electrons. The van der Waals surface area contributed by atoms with Crippen molar-refractivity contribution in [3.05, 3.63) is 40.9 Å². The van der Waals surface area contributed by atoms with Crippen LogP contribution in [0.2, 0.25) is 5.02 Å². The highest BCUT2D eigenvalue weighted by molar-refractivity contribution is 6.30. The number of halogens is 2. The first-order valence-electron chi connectivity index (χ1n) is 6.77. The van der Waals surface area contributed by atoms with Gasteiger partial charge in [0.25, 0.3) is 0 Å². The zero-order valence-electron chi connectivity index (χ0n) is 11.5. The van der Waals surface area contributed by atoms with Crippen molar-refractivity contribution in [2.24, 2.45) is 5.92 Å². The lowest BCUT2D eigenvalue weighted by Gasteiger charge is -2.07. The normalized spacial score (nSPS) is 17.6. The number of esters is 1. The number of benzene rings is 1. The maximum absolute atomic E-state index is 13.9. The molecule has 1 atom stereocenters. The van der Waals surface area contributed by atoms with Crippen LogP contribution in [0.5, 0.6) is 0 Å². The number of aromatic nitrogens is 3. The van der Waals surface area contributed by atoms with Gasteiger partial charge >= 0.3 is 5.97 Å². The summed E-state index contributed by atoms with van der Waals surface area (Å²) in [7, 11) is 0. The fraction of sp³-hybridized carbons (Fsp3) is 0.357. The SMILES string of the molecule is O=C(OC[C@@H]1CCOC1)c1cn(-c2cccc(Cl)c2F)nn1. The molecule has 0 radical (unpaired) electrons.